The van der Waals surface area contributed by atoms with E-state index in [4.69, 9.17) is 0 Å². The van der Waals surface area contributed by atoms with E-state index in [0.717, 1.165) is 17.9 Å². The maximum Gasteiger partial charge on any atom is 0.254 e. The van der Waals surface area contributed by atoms with Gasteiger partial charge in [-0.15, -0.1) is 0 Å². The summed E-state index contributed by atoms with van der Waals surface area (Å²) in [5.74, 6) is -0.518. The van der Waals surface area contributed by atoms with Crippen LogP contribution in [0.1, 0.15) is 18.4 Å². The monoisotopic (exact) mass is 296 g/mol. The number of para-hydroxylation sites is 1. The molecule has 3 aliphatic carbocycles. The average Bonchev–Trinajstić information content (AvgIpc) is 2.82. The molecule has 4 aliphatic rings. The van der Waals surface area contributed by atoms with Gasteiger partial charge in [0, 0.05) is 5.56 Å². The second-order valence-corrected chi connectivity index (χ2v) is 6.13. The van der Waals surface area contributed by atoms with Crippen LogP contribution in [0.15, 0.2) is 41.5 Å². The molecule has 4 atom stereocenters. The van der Waals surface area contributed by atoms with Crippen molar-refractivity contribution < 1.29 is 14.7 Å². The molecule has 2 amide bonds. The number of aromatic hydroxyl groups is 1. The molecule has 1 heterocycles. The smallest absolute Gasteiger partial charge is 0.254 e. The fourth-order valence-corrected chi connectivity index (χ4v) is 3.89. The molecule has 5 rings (SSSR count). The minimum Gasteiger partial charge on any atom is -0.507 e. The summed E-state index contributed by atoms with van der Waals surface area (Å²) >= 11 is 0. The van der Waals surface area contributed by atoms with Gasteiger partial charge >= 0.3 is 0 Å². The summed E-state index contributed by atoms with van der Waals surface area (Å²) < 4.78 is 0. The second-order valence-electron chi connectivity index (χ2n) is 6.13. The molecule has 1 saturated carbocycles. The molecule has 1 aromatic rings. The van der Waals surface area contributed by atoms with E-state index in [1.807, 2.05) is 0 Å². The summed E-state index contributed by atoms with van der Waals surface area (Å²) in [5, 5.41) is 14.8. The first-order valence-corrected chi connectivity index (χ1v) is 7.55. The third-order valence-corrected chi connectivity index (χ3v) is 4.99. The molecule has 0 unspecified atom stereocenters. The average molecular weight is 296 g/mol. The Labute approximate surface area is 127 Å². The van der Waals surface area contributed by atoms with Gasteiger partial charge in [-0.2, -0.15) is 10.1 Å². The standard InChI is InChI=1S/C17H16N2O3/c20-13-4-2-1-3-12(13)9-18-19-16(21)14-10-5-6-11(8-7-10)15(14)17(19)22/h1-6,9-11,14-15,20H,7-8H2/b18-9-/t10-,11+,14-,15+. The summed E-state index contributed by atoms with van der Waals surface area (Å²) in [6.45, 7) is 0. The van der Waals surface area contributed by atoms with Crippen LogP contribution in [0.3, 0.4) is 0 Å². The zero-order valence-corrected chi connectivity index (χ0v) is 11.9. The van der Waals surface area contributed by atoms with Crippen LogP contribution in [0, 0.1) is 23.7 Å². The van der Waals surface area contributed by atoms with Crippen LogP contribution in [0.5, 0.6) is 5.75 Å². The fourth-order valence-electron chi connectivity index (χ4n) is 3.89. The van der Waals surface area contributed by atoms with Crippen molar-refractivity contribution >= 4 is 18.0 Å². The molecule has 1 aromatic carbocycles. The molecule has 2 bridgehead atoms. The van der Waals surface area contributed by atoms with Gasteiger partial charge in [0.1, 0.15) is 5.75 Å². The number of benzene rings is 1. The number of carbonyl (C=O) groups is 2. The van der Waals surface area contributed by atoms with Gasteiger partial charge in [-0.25, -0.2) is 0 Å². The lowest BCUT2D eigenvalue weighted by molar-refractivity contribution is -0.140. The first kappa shape index (κ1) is 13.2. The third kappa shape index (κ3) is 1.81. The summed E-state index contributed by atoms with van der Waals surface area (Å²) in [4.78, 5) is 25.1. The number of allylic oxidation sites excluding steroid dienone is 2. The number of phenolic OH excluding ortho intramolecular Hbond substituents is 1. The summed E-state index contributed by atoms with van der Waals surface area (Å²) in [5.41, 5.74) is 0.485. The Bertz CT molecular complexity index is 678. The van der Waals surface area contributed by atoms with Crippen LogP contribution in [0.4, 0.5) is 0 Å². The van der Waals surface area contributed by atoms with Crippen LogP contribution >= 0.6 is 0 Å². The molecule has 0 aromatic heterocycles. The second kappa shape index (κ2) is 4.80. The van der Waals surface area contributed by atoms with Crippen LogP contribution in [0.2, 0.25) is 0 Å². The van der Waals surface area contributed by atoms with Crippen molar-refractivity contribution in [1.29, 1.82) is 0 Å². The van der Waals surface area contributed by atoms with Gasteiger partial charge in [-0.3, -0.25) is 9.59 Å². The number of imide groups is 1. The van der Waals surface area contributed by atoms with Gasteiger partial charge < -0.3 is 5.11 Å². The van der Waals surface area contributed by atoms with E-state index in [2.05, 4.69) is 17.3 Å². The van der Waals surface area contributed by atoms with Crippen molar-refractivity contribution in [2.45, 2.75) is 12.8 Å². The number of hydrazone groups is 1. The van der Waals surface area contributed by atoms with Gasteiger partial charge in [0.15, 0.2) is 0 Å². The highest BCUT2D eigenvalue weighted by Gasteiger charge is 2.56. The maximum absolute atomic E-state index is 12.5. The highest BCUT2D eigenvalue weighted by atomic mass is 16.3. The third-order valence-electron chi connectivity index (χ3n) is 4.99. The zero-order valence-electron chi connectivity index (χ0n) is 11.9. The summed E-state index contributed by atoms with van der Waals surface area (Å²) in [7, 11) is 0. The largest absolute Gasteiger partial charge is 0.507 e. The van der Waals surface area contributed by atoms with E-state index in [0.29, 0.717) is 5.56 Å². The van der Waals surface area contributed by atoms with Crippen molar-refractivity contribution in [3.8, 4) is 5.75 Å². The lowest BCUT2D eigenvalue weighted by atomic mass is 9.63. The Morgan fingerprint density at radius 2 is 1.64 bits per heavy atom. The lowest BCUT2D eigenvalue weighted by Gasteiger charge is -2.37. The number of rotatable bonds is 2. The number of hydrogen-bond donors (Lipinski definition) is 1. The van der Waals surface area contributed by atoms with Gasteiger partial charge in [0.05, 0.1) is 18.1 Å². The molecule has 0 spiro atoms. The molecule has 0 radical (unpaired) electrons. The Hall–Kier alpha value is -2.43. The van der Waals surface area contributed by atoms with E-state index in [9.17, 15) is 14.7 Å². The van der Waals surface area contributed by atoms with E-state index < -0.39 is 0 Å². The molecule has 22 heavy (non-hydrogen) atoms. The molecular weight excluding hydrogens is 280 g/mol. The summed E-state index contributed by atoms with van der Waals surface area (Å²) in [6.07, 6.45) is 7.47. The first-order valence-electron chi connectivity index (χ1n) is 7.55. The predicted octanol–water partition coefficient (Wildman–Crippen LogP) is 1.92. The molecule has 1 aliphatic heterocycles. The van der Waals surface area contributed by atoms with Crippen molar-refractivity contribution in [3.63, 3.8) is 0 Å². The Kier molecular flexibility index (Phi) is 2.89. The number of fused-ring (bicyclic) bond motifs is 1. The molecule has 5 nitrogen and oxygen atoms in total. The molecule has 1 saturated heterocycles. The number of phenols is 1. The Morgan fingerprint density at radius 1 is 1.05 bits per heavy atom. The van der Waals surface area contributed by atoms with Crippen molar-refractivity contribution in [2.75, 3.05) is 0 Å². The van der Waals surface area contributed by atoms with Crippen molar-refractivity contribution in [3.05, 3.63) is 42.0 Å². The number of hydrogen-bond acceptors (Lipinski definition) is 4. The number of amides is 2. The Balaban J connectivity index is 1.63. The maximum atomic E-state index is 12.5. The fraction of sp³-hybridized carbons (Fsp3) is 0.353. The minimum absolute atomic E-state index is 0.0736. The van der Waals surface area contributed by atoms with Crippen LogP contribution in [-0.2, 0) is 9.59 Å². The molecule has 112 valence electrons. The number of carbonyl (C=O) groups excluding carboxylic acids is 2. The van der Waals surface area contributed by atoms with Crippen LogP contribution < -0.4 is 0 Å². The van der Waals surface area contributed by atoms with Crippen molar-refractivity contribution in [2.24, 2.45) is 28.8 Å². The molecular formula is C17H16N2O3. The highest BCUT2D eigenvalue weighted by Crippen LogP contribution is 2.49. The van der Waals surface area contributed by atoms with Crippen molar-refractivity contribution in [1.82, 2.24) is 5.01 Å². The quantitative estimate of drug-likeness (QED) is 0.515. The lowest BCUT2D eigenvalue weighted by Crippen LogP contribution is -2.38. The SMILES string of the molecule is O=C1[C@@H]2[C@H](C(=O)N1/N=C\c1ccccc1O)[C@@H]1C=C[C@H]2CC1. The molecule has 2 fully saturated rings. The molecule has 1 N–H and O–H groups in total. The minimum atomic E-state index is -0.252. The topological polar surface area (TPSA) is 70.0 Å². The van der Waals surface area contributed by atoms with Crippen LogP contribution in [0.25, 0.3) is 0 Å². The number of nitrogens with zero attached hydrogens (tertiary/aromatic N) is 2. The molecule has 5 heteroatoms. The Morgan fingerprint density at radius 3 is 2.18 bits per heavy atom. The normalized spacial score (nSPS) is 33.0. The highest BCUT2D eigenvalue weighted by molar-refractivity contribution is 6.06. The predicted molar refractivity (Wildman–Crippen MR) is 79.9 cm³/mol. The van der Waals surface area contributed by atoms with Crippen LogP contribution in [-0.4, -0.2) is 28.1 Å². The van der Waals surface area contributed by atoms with Gasteiger partial charge in [0.25, 0.3) is 11.8 Å². The zero-order chi connectivity index (χ0) is 15.3. The van der Waals surface area contributed by atoms with E-state index >= 15 is 0 Å². The van der Waals surface area contributed by atoms with E-state index in [1.165, 1.54) is 6.21 Å². The van der Waals surface area contributed by atoms with E-state index in [1.54, 1.807) is 24.3 Å². The van der Waals surface area contributed by atoms with Gasteiger partial charge in [0.2, 0.25) is 0 Å². The van der Waals surface area contributed by atoms with Gasteiger partial charge in [-0.05, 0) is 36.8 Å². The first-order chi connectivity index (χ1) is 10.7. The van der Waals surface area contributed by atoms with E-state index in [-0.39, 0.29) is 41.2 Å². The summed E-state index contributed by atoms with van der Waals surface area (Å²) in [6, 6.07) is 6.69. The van der Waals surface area contributed by atoms with Gasteiger partial charge in [-0.1, -0.05) is 24.3 Å².